The maximum absolute atomic E-state index is 12.6. The number of ether oxygens (including phenoxy) is 2. The van der Waals surface area contributed by atoms with E-state index in [4.69, 9.17) is 32.7 Å². The predicted molar refractivity (Wildman–Crippen MR) is 130 cm³/mol. The van der Waals surface area contributed by atoms with Crippen LogP contribution in [0.4, 0.5) is 0 Å². The Hall–Kier alpha value is -1.89. The summed E-state index contributed by atoms with van der Waals surface area (Å²) in [5, 5.41) is 2.65. The first kappa shape index (κ1) is 27.4. The zero-order valence-electron chi connectivity index (χ0n) is 19.7. The molecule has 0 aromatic rings. The molecule has 3 atom stereocenters. The van der Waals surface area contributed by atoms with Crippen molar-refractivity contribution in [2.45, 2.75) is 84.2 Å². The number of ketones is 1. The minimum absolute atomic E-state index is 0.0828. The first-order valence-corrected chi connectivity index (χ1v) is 12.1. The topological polar surface area (TPSA) is 81.7 Å². The second-order valence-corrected chi connectivity index (χ2v) is 9.57. The number of esters is 1. The second-order valence-electron chi connectivity index (χ2n) is 8.75. The van der Waals surface area contributed by atoms with E-state index < -0.39 is 29.7 Å². The van der Waals surface area contributed by atoms with Crippen molar-refractivity contribution in [3.63, 3.8) is 0 Å². The van der Waals surface area contributed by atoms with Gasteiger partial charge in [0.25, 0.3) is 0 Å². The van der Waals surface area contributed by atoms with Gasteiger partial charge in [0, 0.05) is 19.4 Å². The average molecular weight is 498 g/mol. The van der Waals surface area contributed by atoms with Crippen LogP contribution in [0.1, 0.15) is 66.2 Å². The summed E-state index contributed by atoms with van der Waals surface area (Å²) in [5.41, 5.74) is -0.147. The molecule has 2 rings (SSSR count). The second kappa shape index (κ2) is 12.5. The Morgan fingerprint density at radius 3 is 2.48 bits per heavy atom. The number of carbonyl (C=O) groups excluding carboxylic acids is 3. The van der Waals surface area contributed by atoms with Gasteiger partial charge in [0.05, 0.1) is 16.1 Å². The molecule has 33 heavy (non-hydrogen) atoms. The van der Waals surface area contributed by atoms with Crippen LogP contribution < -0.4 is 5.32 Å². The van der Waals surface area contributed by atoms with Crippen LogP contribution in [0.5, 0.6) is 0 Å². The standard InChI is InChI=1S/C25H33Cl2NO5/c1-5-6-7-8-9-16(2)12-17(3)10-11-22(30)28-21-15-25(33-24(21)32-18(4)29)13-19(26)23(31)20(27)14-25/h10-14,16,21,24H,5-9,15H2,1-4H3,(H,28,30)/b11-10+,17-12+/t16-,21+,24+/m1/s1. The molecule has 0 radical (unpaired) electrons. The van der Waals surface area contributed by atoms with E-state index in [9.17, 15) is 14.4 Å². The van der Waals surface area contributed by atoms with E-state index in [2.05, 4.69) is 25.2 Å². The molecule has 0 bridgehead atoms. The Kier molecular flexibility index (Phi) is 10.4. The molecule has 1 N–H and O–H groups in total. The molecule has 1 spiro atoms. The number of halogens is 2. The van der Waals surface area contributed by atoms with Crippen LogP contribution in [0.2, 0.25) is 0 Å². The number of nitrogens with one attached hydrogen (secondary N) is 1. The van der Waals surface area contributed by atoms with Gasteiger partial charge in [-0.2, -0.15) is 0 Å². The number of Topliss-reactive ketones (excluding diaryl/α,β-unsaturated/α-hetero) is 1. The van der Waals surface area contributed by atoms with Crippen molar-refractivity contribution in [1.82, 2.24) is 5.32 Å². The Bertz CT molecular complexity index is 852. The number of allylic oxidation sites excluding steroid dienone is 5. The van der Waals surface area contributed by atoms with Gasteiger partial charge < -0.3 is 14.8 Å². The van der Waals surface area contributed by atoms with Crippen molar-refractivity contribution in [3.05, 3.63) is 46.0 Å². The minimum atomic E-state index is -1.15. The summed E-state index contributed by atoms with van der Waals surface area (Å²) in [4.78, 5) is 36.0. The van der Waals surface area contributed by atoms with Crippen LogP contribution in [0, 0.1) is 5.92 Å². The van der Waals surface area contributed by atoms with Crippen molar-refractivity contribution < 1.29 is 23.9 Å². The van der Waals surface area contributed by atoms with Crippen molar-refractivity contribution >= 4 is 40.9 Å². The van der Waals surface area contributed by atoms with Crippen LogP contribution in [-0.4, -0.2) is 35.6 Å². The largest absolute Gasteiger partial charge is 0.434 e. The molecule has 182 valence electrons. The third kappa shape index (κ3) is 8.43. The molecule has 1 fully saturated rings. The van der Waals surface area contributed by atoms with Crippen LogP contribution in [0.3, 0.4) is 0 Å². The Morgan fingerprint density at radius 2 is 1.88 bits per heavy atom. The molecule has 1 saturated heterocycles. The van der Waals surface area contributed by atoms with Gasteiger partial charge >= 0.3 is 5.97 Å². The highest BCUT2D eigenvalue weighted by Gasteiger charge is 2.48. The zero-order valence-corrected chi connectivity index (χ0v) is 21.2. The first-order valence-electron chi connectivity index (χ1n) is 11.4. The maximum Gasteiger partial charge on any atom is 0.305 e. The van der Waals surface area contributed by atoms with E-state index in [1.807, 2.05) is 6.92 Å². The number of hydrogen-bond donors (Lipinski definition) is 1. The predicted octanol–water partition coefficient (Wildman–Crippen LogP) is 5.46. The van der Waals surface area contributed by atoms with Crippen LogP contribution in [0.25, 0.3) is 0 Å². The average Bonchev–Trinajstić information content (AvgIpc) is 3.03. The molecule has 6 nitrogen and oxygen atoms in total. The Morgan fingerprint density at radius 1 is 1.21 bits per heavy atom. The summed E-state index contributed by atoms with van der Waals surface area (Å²) in [5.74, 6) is -0.976. The summed E-state index contributed by atoms with van der Waals surface area (Å²) in [6, 6.07) is -0.650. The minimum Gasteiger partial charge on any atom is -0.434 e. The van der Waals surface area contributed by atoms with Gasteiger partial charge in [-0.25, -0.2) is 0 Å². The quantitative estimate of drug-likeness (QED) is 0.187. The molecular weight excluding hydrogens is 465 g/mol. The molecule has 0 saturated carbocycles. The highest BCUT2D eigenvalue weighted by atomic mass is 35.5. The summed E-state index contributed by atoms with van der Waals surface area (Å²) >= 11 is 12.0. The molecule has 0 unspecified atom stereocenters. The van der Waals surface area contributed by atoms with Gasteiger partial charge in [-0.05, 0) is 31.4 Å². The van der Waals surface area contributed by atoms with Crippen molar-refractivity contribution in [2.75, 3.05) is 0 Å². The van der Waals surface area contributed by atoms with Gasteiger partial charge in [0.15, 0.2) is 0 Å². The molecule has 1 heterocycles. The number of rotatable bonds is 10. The smallest absolute Gasteiger partial charge is 0.305 e. The Labute approximate surface area is 206 Å². The lowest BCUT2D eigenvalue weighted by Crippen LogP contribution is -2.41. The van der Waals surface area contributed by atoms with Crippen molar-refractivity contribution in [2.24, 2.45) is 5.92 Å². The van der Waals surface area contributed by atoms with E-state index in [-0.39, 0.29) is 22.4 Å². The van der Waals surface area contributed by atoms with Crippen LogP contribution in [0.15, 0.2) is 46.0 Å². The highest BCUT2D eigenvalue weighted by Crippen LogP contribution is 2.40. The fraction of sp³-hybridized carbons (Fsp3) is 0.560. The molecule has 2 aliphatic rings. The summed E-state index contributed by atoms with van der Waals surface area (Å²) < 4.78 is 11.1. The monoisotopic (exact) mass is 497 g/mol. The SMILES string of the molecule is CCCCCC[C@@H](C)/C=C(C)/C=C/C(=O)N[C@H]1CC2(C=C(Cl)C(=O)C(Cl)=C2)O[C@@H]1OC(C)=O. The lowest BCUT2D eigenvalue weighted by molar-refractivity contribution is -0.179. The van der Waals surface area contributed by atoms with Crippen LogP contribution >= 0.6 is 23.2 Å². The summed E-state index contributed by atoms with van der Waals surface area (Å²) in [6.07, 6.45) is 13.4. The third-order valence-electron chi connectivity index (χ3n) is 5.55. The lowest BCUT2D eigenvalue weighted by Gasteiger charge is -2.25. The van der Waals surface area contributed by atoms with E-state index in [1.165, 1.54) is 50.8 Å². The maximum atomic E-state index is 12.6. The van der Waals surface area contributed by atoms with E-state index in [0.29, 0.717) is 5.92 Å². The zero-order chi connectivity index (χ0) is 24.6. The van der Waals surface area contributed by atoms with Gasteiger partial charge in [-0.1, -0.05) is 80.5 Å². The molecule has 1 amide bonds. The molecule has 1 aliphatic carbocycles. The van der Waals surface area contributed by atoms with E-state index in [1.54, 1.807) is 6.08 Å². The van der Waals surface area contributed by atoms with E-state index >= 15 is 0 Å². The number of carbonyl (C=O) groups is 3. The van der Waals surface area contributed by atoms with Gasteiger partial charge in [-0.15, -0.1) is 0 Å². The van der Waals surface area contributed by atoms with Crippen molar-refractivity contribution in [3.8, 4) is 0 Å². The summed E-state index contributed by atoms with van der Waals surface area (Å²) in [7, 11) is 0. The fourth-order valence-electron chi connectivity index (χ4n) is 4.00. The van der Waals surface area contributed by atoms with Gasteiger partial charge in [-0.3, -0.25) is 14.4 Å². The Balaban J connectivity index is 2.02. The fourth-order valence-corrected chi connectivity index (χ4v) is 4.62. The van der Waals surface area contributed by atoms with Crippen molar-refractivity contribution in [1.29, 1.82) is 0 Å². The number of amides is 1. The third-order valence-corrected chi connectivity index (χ3v) is 6.11. The first-order chi connectivity index (χ1) is 15.5. The van der Waals surface area contributed by atoms with Crippen LogP contribution in [-0.2, 0) is 23.9 Å². The normalized spacial score (nSPS) is 23.5. The molecule has 8 heteroatoms. The molecular formula is C25H33Cl2NO5. The molecule has 0 aromatic carbocycles. The highest BCUT2D eigenvalue weighted by molar-refractivity contribution is 6.55. The van der Waals surface area contributed by atoms with E-state index in [0.717, 1.165) is 12.0 Å². The number of hydrogen-bond acceptors (Lipinski definition) is 5. The number of unbranched alkanes of at least 4 members (excludes halogenated alkanes) is 3. The molecule has 1 aliphatic heterocycles. The molecule has 0 aromatic heterocycles. The lowest BCUT2D eigenvalue weighted by atomic mass is 9.92. The summed E-state index contributed by atoms with van der Waals surface area (Å²) in [6.45, 7) is 7.58. The van der Waals surface area contributed by atoms with Gasteiger partial charge in [0.2, 0.25) is 18.0 Å². The van der Waals surface area contributed by atoms with Gasteiger partial charge in [0.1, 0.15) is 5.60 Å².